The Kier molecular flexibility index (Phi) is 5.61. The number of carbonyl (C=O) groups excluding carboxylic acids is 1. The van der Waals surface area contributed by atoms with Crippen molar-refractivity contribution in [1.82, 2.24) is 5.32 Å². The van der Waals surface area contributed by atoms with Crippen molar-refractivity contribution in [3.63, 3.8) is 0 Å². The van der Waals surface area contributed by atoms with Crippen molar-refractivity contribution in [2.24, 2.45) is 0 Å². The lowest BCUT2D eigenvalue weighted by molar-refractivity contribution is -0.128. The molecule has 1 amide bonds. The normalized spacial score (nSPS) is 14.2. The summed E-state index contributed by atoms with van der Waals surface area (Å²) in [6, 6.07) is 5.15. The number of methoxy groups -OCH3 is 1. The van der Waals surface area contributed by atoms with Crippen molar-refractivity contribution in [1.29, 1.82) is 0 Å². The van der Waals surface area contributed by atoms with Crippen molar-refractivity contribution in [3.05, 3.63) is 23.8 Å². The summed E-state index contributed by atoms with van der Waals surface area (Å²) < 4.78 is 10.9. The first-order chi connectivity index (χ1) is 9.64. The average molecular weight is 295 g/mol. The zero-order valence-corrected chi connectivity index (χ0v) is 13.6. The summed E-state index contributed by atoms with van der Waals surface area (Å²) >= 11 is 0. The molecule has 118 valence electrons. The maximum Gasteiger partial charge on any atom is 0.261 e. The van der Waals surface area contributed by atoms with Gasteiger partial charge in [-0.2, -0.15) is 0 Å². The highest BCUT2D eigenvalue weighted by molar-refractivity contribution is 5.81. The molecule has 0 saturated carbocycles. The molecule has 0 radical (unpaired) electrons. The number of carbonyl (C=O) groups is 1. The molecule has 2 atom stereocenters. The maximum absolute atomic E-state index is 12.0. The van der Waals surface area contributed by atoms with Crippen LogP contribution in [0, 0.1) is 0 Å². The van der Waals surface area contributed by atoms with Crippen molar-refractivity contribution >= 4 is 5.91 Å². The topological polar surface area (TPSA) is 67.8 Å². The van der Waals surface area contributed by atoms with Gasteiger partial charge in [-0.05, 0) is 52.3 Å². The van der Waals surface area contributed by atoms with Crippen LogP contribution in [0.1, 0.15) is 46.3 Å². The summed E-state index contributed by atoms with van der Waals surface area (Å²) in [6.45, 7) is 9.10. The summed E-state index contributed by atoms with van der Waals surface area (Å²) in [5, 5.41) is 12.4. The van der Waals surface area contributed by atoms with Gasteiger partial charge < -0.3 is 19.9 Å². The molecule has 0 fully saturated rings. The molecule has 0 saturated heterocycles. The summed E-state index contributed by atoms with van der Waals surface area (Å²) in [7, 11) is 1.52. The maximum atomic E-state index is 12.0. The molecule has 1 aromatic carbocycles. The quantitative estimate of drug-likeness (QED) is 0.875. The molecule has 0 heterocycles. The Balaban J connectivity index is 2.85. The summed E-state index contributed by atoms with van der Waals surface area (Å²) in [6.07, 6.45) is -1.23. The summed E-state index contributed by atoms with van der Waals surface area (Å²) in [5.41, 5.74) is 0.417. The SMILES string of the molecule is COc1cc(C(C)O)ccc1OC(C)C(=O)NC(C)(C)C. The fraction of sp³-hybridized carbons (Fsp3) is 0.562. The minimum absolute atomic E-state index is 0.191. The van der Waals surface area contributed by atoms with Gasteiger partial charge in [0.15, 0.2) is 17.6 Å². The van der Waals surface area contributed by atoms with Crippen LogP contribution in [-0.4, -0.2) is 29.8 Å². The van der Waals surface area contributed by atoms with Crippen molar-refractivity contribution in [2.75, 3.05) is 7.11 Å². The number of hydrogen-bond acceptors (Lipinski definition) is 4. The minimum Gasteiger partial charge on any atom is -0.493 e. The Morgan fingerprint density at radius 3 is 2.33 bits per heavy atom. The summed E-state index contributed by atoms with van der Waals surface area (Å²) in [5.74, 6) is 0.770. The van der Waals surface area contributed by atoms with E-state index in [0.29, 0.717) is 11.5 Å². The third kappa shape index (κ3) is 5.27. The lowest BCUT2D eigenvalue weighted by atomic mass is 10.1. The molecule has 1 aromatic rings. The second-order valence-electron chi connectivity index (χ2n) is 6.09. The first kappa shape index (κ1) is 17.3. The van der Waals surface area contributed by atoms with E-state index in [2.05, 4.69) is 5.32 Å². The zero-order valence-electron chi connectivity index (χ0n) is 13.6. The highest BCUT2D eigenvalue weighted by atomic mass is 16.5. The minimum atomic E-state index is -0.643. The smallest absolute Gasteiger partial charge is 0.261 e. The van der Waals surface area contributed by atoms with Crippen LogP contribution in [0.5, 0.6) is 11.5 Å². The number of nitrogens with one attached hydrogen (secondary N) is 1. The second-order valence-corrected chi connectivity index (χ2v) is 6.09. The monoisotopic (exact) mass is 295 g/mol. The Labute approximate surface area is 126 Å². The van der Waals surface area contributed by atoms with E-state index < -0.39 is 12.2 Å². The van der Waals surface area contributed by atoms with E-state index >= 15 is 0 Å². The molecule has 0 aliphatic heterocycles. The molecule has 5 heteroatoms. The number of hydrogen-bond donors (Lipinski definition) is 2. The fourth-order valence-corrected chi connectivity index (χ4v) is 1.76. The van der Waals surface area contributed by atoms with Crippen molar-refractivity contribution in [2.45, 2.75) is 52.4 Å². The number of benzene rings is 1. The third-order valence-corrected chi connectivity index (χ3v) is 2.84. The van der Waals surface area contributed by atoms with Crippen LogP contribution in [-0.2, 0) is 4.79 Å². The van der Waals surface area contributed by atoms with E-state index in [1.165, 1.54) is 7.11 Å². The van der Waals surface area contributed by atoms with Gasteiger partial charge in [0.25, 0.3) is 5.91 Å². The van der Waals surface area contributed by atoms with Gasteiger partial charge in [-0.15, -0.1) is 0 Å². The van der Waals surface area contributed by atoms with E-state index in [1.807, 2.05) is 20.8 Å². The fourth-order valence-electron chi connectivity index (χ4n) is 1.76. The zero-order chi connectivity index (χ0) is 16.2. The van der Waals surface area contributed by atoms with Gasteiger partial charge in [0.05, 0.1) is 13.2 Å². The van der Waals surface area contributed by atoms with Gasteiger partial charge in [0.1, 0.15) is 0 Å². The number of rotatable bonds is 5. The third-order valence-electron chi connectivity index (χ3n) is 2.84. The molecular formula is C16H25NO4. The van der Waals surface area contributed by atoms with E-state index in [0.717, 1.165) is 5.56 Å². The van der Waals surface area contributed by atoms with Crippen LogP contribution >= 0.6 is 0 Å². The van der Waals surface area contributed by atoms with Crippen LogP contribution in [0.3, 0.4) is 0 Å². The molecule has 2 N–H and O–H groups in total. The van der Waals surface area contributed by atoms with Gasteiger partial charge in [0, 0.05) is 5.54 Å². The lowest BCUT2D eigenvalue weighted by Gasteiger charge is -2.24. The molecule has 5 nitrogen and oxygen atoms in total. The molecule has 0 spiro atoms. The predicted octanol–water partition coefficient (Wildman–Crippen LogP) is 2.43. The molecule has 0 aromatic heterocycles. The first-order valence-electron chi connectivity index (χ1n) is 6.98. The molecule has 0 aliphatic rings. The Morgan fingerprint density at radius 2 is 1.86 bits per heavy atom. The first-order valence-corrected chi connectivity index (χ1v) is 6.98. The number of amides is 1. The van der Waals surface area contributed by atoms with E-state index in [1.54, 1.807) is 32.0 Å². The molecule has 0 aliphatic carbocycles. The van der Waals surface area contributed by atoms with Crippen molar-refractivity contribution < 1.29 is 19.4 Å². The lowest BCUT2D eigenvalue weighted by Crippen LogP contribution is -2.46. The second kappa shape index (κ2) is 6.80. The van der Waals surface area contributed by atoms with E-state index in [-0.39, 0.29) is 11.4 Å². The molecule has 2 unspecified atom stereocenters. The van der Waals surface area contributed by atoms with Gasteiger partial charge in [-0.1, -0.05) is 6.07 Å². The Bertz CT molecular complexity index is 492. The number of aliphatic hydroxyl groups excluding tert-OH is 1. The van der Waals surface area contributed by atoms with Gasteiger partial charge in [-0.3, -0.25) is 4.79 Å². The Morgan fingerprint density at radius 1 is 1.24 bits per heavy atom. The van der Waals surface area contributed by atoms with Gasteiger partial charge in [-0.25, -0.2) is 0 Å². The van der Waals surface area contributed by atoms with E-state index in [4.69, 9.17) is 9.47 Å². The predicted molar refractivity (Wildman–Crippen MR) is 81.6 cm³/mol. The number of ether oxygens (including phenoxy) is 2. The van der Waals surface area contributed by atoms with Crippen LogP contribution in [0.15, 0.2) is 18.2 Å². The standard InChI is InChI=1S/C16H25NO4/c1-10(18)12-7-8-13(14(9-12)20-6)21-11(2)15(19)17-16(3,4)5/h7-11,18H,1-6H3,(H,17,19). The van der Waals surface area contributed by atoms with Crippen LogP contribution in [0.4, 0.5) is 0 Å². The van der Waals surface area contributed by atoms with Crippen molar-refractivity contribution in [3.8, 4) is 11.5 Å². The molecule has 21 heavy (non-hydrogen) atoms. The van der Waals surface area contributed by atoms with E-state index in [9.17, 15) is 9.90 Å². The molecule has 1 rings (SSSR count). The van der Waals surface area contributed by atoms with Crippen LogP contribution < -0.4 is 14.8 Å². The van der Waals surface area contributed by atoms with Crippen LogP contribution in [0.25, 0.3) is 0 Å². The van der Waals surface area contributed by atoms with Gasteiger partial charge in [0.2, 0.25) is 0 Å². The average Bonchev–Trinajstić information content (AvgIpc) is 2.36. The Hall–Kier alpha value is -1.75. The summed E-state index contributed by atoms with van der Waals surface area (Å²) in [4.78, 5) is 12.0. The number of aliphatic hydroxyl groups is 1. The highest BCUT2D eigenvalue weighted by Crippen LogP contribution is 2.31. The molecular weight excluding hydrogens is 270 g/mol. The largest absolute Gasteiger partial charge is 0.493 e. The van der Waals surface area contributed by atoms with Gasteiger partial charge >= 0.3 is 0 Å². The van der Waals surface area contributed by atoms with Crippen LogP contribution in [0.2, 0.25) is 0 Å². The molecule has 0 bridgehead atoms. The highest BCUT2D eigenvalue weighted by Gasteiger charge is 2.21.